The van der Waals surface area contributed by atoms with Crippen molar-refractivity contribution >= 4 is 27.5 Å². The van der Waals surface area contributed by atoms with Crippen LogP contribution in [0.25, 0.3) is 0 Å². The number of amides is 1. The molecule has 110 valence electrons. The first-order valence-electron chi connectivity index (χ1n) is 6.95. The molecule has 1 N–H and O–H groups in total. The maximum absolute atomic E-state index is 12.3. The Morgan fingerprint density at radius 2 is 1.67 bits per heavy atom. The molecule has 0 aromatic heterocycles. The van der Waals surface area contributed by atoms with E-state index in [1.54, 1.807) is 0 Å². The highest BCUT2D eigenvalue weighted by atomic mass is 79.9. The average molecular weight is 346 g/mol. The summed E-state index contributed by atoms with van der Waals surface area (Å²) >= 11 is 3.42. The van der Waals surface area contributed by atoms with E-state index in [0.717, 1.165) is 15.7 Å². The number of benzene rings is 2. The topological polar surface area (TPSA) is 29.1 Å². The first-order valence-corrected chi connectivity index (χ1v) is 7.74. The van der Waals surface area contributed by atoms with Crippen molar-refractivity contribution in [2.75, 3.05) is 5.32 Å². The lowest BCUT2D eigenvalue weighted by Crippen LogP contribution is -2.13. The second kappa shape index (κ2) is 6.02. The Hall–Kier alpha value is -1.61. The Kier molecular flexibility index (Phi) is 4.52. The van der Waals surface area contributed by atoms with Crippen LogP contribution in [-0.4, -0.2) is 5.91 Å². The zero-order chi connectivity index (χ0) is 15.6. The first kappa shape index (κ1) is 15.8. The van der Waals surface area contributed by atoms with Gasteiger partial charge in [0.05, 0.1) is 0 Å². The molecule has 21 heavy (non-hydrogen) atoms. The summed E-state index contributed by atoms with van der Waals surface area (Å²) < 4.78 is 0.913. The maximum Gasteiger partial charge on any atom is 0.255 e. The molecule has 2 aromatic rings. The van der Waals surface area contributed by atoms with E-state index in [1.807, 2.05) is 37.3 Å². The van der Waals surface area contributed by atoms with Gasteiger partial charge in [-0.1, -0.05) is 48.8 Å². The maximum atomic E-state index is 12.3. The molecule has 0 aliphatic carbocycles. The number of carbonyl (C=O) groups is 1. The van der Waals surface area contributed by atoms with Crippen LogP contribution in [0.1, 0.15) is 42.3 Å². The molecule has 2 aromatic carbocycles. The third kappa shape index (κ3) is 4.18. The van der Waals surface area contributed by atoms with Crippen LogP contribution in [-0.2, 0) is 5.41 Å². The quantitative estimate of drug-likeness (QED) is 0.785. The highest BCUT2D eigenvalue weighted by Crippen LogP contribution is 2.24. The molecule has 0 aliphatic rings. The Bertz CT molecular complexity index is 634. The van der Waals surface area contributed by atoms with Crippen LogP contribution in [0, 0.1) is 6.92 Å². The van der Waals surface area contributed by atoms with Gasteiger partial charge in [-0.3, -0.25) is 4.79 Å². The summed E-state index contributed by atoms with van der Waals surface area (Å²) in [5.74, 6) is -0.0945. The molecule has 0 fully saturated rings. The van der Waals surface area contributed by atoms with Crippen LogP contribution >= 0.6 is 15.9 Å². The van der Waals surface area contributed by atoms with Gasteiger partial charge in [0.1, 0.15) is 0 Å². The van der Waals surface area contributed by atoms with Crippen LogP contribution in [0.2, 0.25) is 0 Å². The molecule has 1 amide bonds. The summed E-state index contributed by atoms with van der Waals surface area (Å²) in [5, 5.41) is 2.93. The third-order valence-corrected chi connectivity index (χ3v) is 3.77. The number of hydrogen-bond acceptors (Lipinski definition) is 1. The van der Waals surface area contributed by atoms with Gasteiger partial charge >= 0.3 is 0 Å². The molecule has 0 atom stereocenters. The summed E-state index contributed by atoms with van der Waals surface area (Å²) in [6.07, 6.45) is 0. The molecule has 0 saturated carbocycles. The van der Waals surface area contributed by atoms with Crippen molar-refractivity contribution in [1.29, 1.82) is 0 Å². The van der Waals surface area contributed by atoms with Crippen molar-refractivity contribution in [2.24, 2.45) is 0 Å². The Morgan fingerprint density at radius 1 is 1.05 bits per heavy atom. The van der Waals surface area contributed by atoms with Crippen molar-refractivity contribution in [3.05, 3.63) is 63.6 Å². The van der Waals surface area contributed by atoms with Gasteiger partial charge < -0.3 is 5.32 Å². The van der Waals surface area contributed by atoms with Gasteiger partial charge in [0.25, 0.3) is 5.91 Å². The molecule has 3 heteroatoms. The highest BCUT2D eigenvalue weighted by Gasteiger charge is 2.13. The second-order valence-corrected chi connectivity index (χ2v) is 7.21. The number of anilines is 1. The summed E-state index contributed by atoms with van der Waals surface area (Å²) in [4.78, 5) is 12.3. The van der Waals surface area contributed by atoms with Crippen LogP contribution in [0.15, 0.2) is 46.9 Å². The van der Waals surface area contributed by atoms with E-state index in [4.69, 9.17) is 0 Å². The summed E-state index contributed by atoms with van der Waals surface area (Å²) in [6.45, 7) is 8.49. The van der Waals surface area contributed by atoms with Gasteiger partial charge in [-0.25, -0.2) is 0 Å². The average Bonchev–Trinajstić information content (AvgIpc) is 2.37. The van der Waals surface area contributed by atoms with E-state index >= 15 is 0 Å². The van der Waals surface area contributed by atoms with E-state index in [9.17, 15) is 4.79 Å². The van der Waals surface area contributed by atoms with Crippen molar-refractivity contribution in [3.63, 3.8) is 0 Å². The molecule has 0 heterocycles. The van der Waals surface area contributed by atoms with E-state index in [-0.39, 0.29) is 11.3 Å². The smallest absolute Gasteiger partial charge is 0.255 e. The molecule has 0 spiro atoms. The molecular weight excluding hydrogens is 326 g/mol. The predicted molar refractivity (Wildman–Crippen MR) is 92.0 cm³/mol. The highest BCUT2D eigenvalue weighted by molar-refractivity contribution is 9.10. The Labute approximate surface area is 134 Å². The minimum atomic E-state index is -0.0945. The van der Waals surface area contributed by atoms with Gasteiger partial charge in [-0.05, 0) is 53.8 Å². The molecule has 0 saturated heterocycles. The lowest BCUT2D eigenvalue weighted by Gasteiger charge is -2.19. The van der Waals surface area contributed by atoms with Crippen molar-refractivity contribution in [2.45, 2.75) is 33.1 Å². The number of carbonyl (C=O) groups excluding carboxylic acids is 1. The van der Waals surface area contributed by atoms with Crippen LogP contribution in [0.4, 0.5) is 5.69 Å². The van der Waals surface area contributed by atoms with Gasteiger partial charge in [-0.2, -0.15) is 0 Å². The van der Waals surface area contributed by atoms with Crippen molar-refractivity contribution in [1.82, 2.24) is 0 Å². The fraction of sp³-hybridized carbons (Fsp3) is 0.278. The van der Waals surface area contributed by atoms with Crippen molar-refractivity contribution < 1.29 is 4.79 Å². The van der Waals surface area contributed by atoms with E-state index in [1.165, 1.54) is 5.56 Å². The number of nitrogens with one attached hydrogen (secondary N) is 1. The Morgan fingerprint density at radius 3 is 2.19 bits per heavy atom. The molecule has 0 bridgehead atoms. The fourth-order valence-electron chi connectivity index (χ4n) is 2.12. The number of hydrogen-bond donors (Lipinski definition) is 1. The van der Waals surface area contributed by atoms with Gasteiger partial charge in [-0.15, -0.1) is 0 Å². The monoisotopic (exact) mass is 345 g/mol. The molecule has 0 radical (unpaired) electrons. The molecular formula is C18H20BrNO. The van der Waals surface area contributed by atoms with Gasteiger partial charge in [0.2, 0.25) is 0 Å². The SMILES string of the molecule is Cc1cc(Br)cc(C(=O)Nc2ccc(C(C)(C)C)cc2)c1. The van der Waals surface area contributed by atoms with Gasteiger partial charge in [0.15, 0.2) is 0 Å². The molecule has 2 nitrogen and oxygen atoms in total. The number of aryl methyl sites for hydroxylation is 1. The third-order valence-electron chi connectivity index (χ3n) is 3.31. The van der Waals surface area contributed by atoms with Crippen LogP contribution < -0.4 is 5.32 Å². The molecule has 0 aliphatic heterocycles. The minimum absolute atomic E-state index is 0.0945. The zero-order valence-electron chi connectivity index (χ0n) is 12.8. The minimum Gasteiger partial charge on any atom is -0.322 e. The van der Waals surface area contributed by atoms with Crippen LogP contribution in [0.3, 0.4) is 0 Å². The number of halogens is 1. The molecule has 2 rings (SSSR count). The second-order valence-electron chi connectivity index (χ2n) is 6.30. The zero-order valence-corrected chi connectivity index (χ0v) is 14.4. The van der Waals surface area contributed by atoms with Gasteiger partial charge in [0, 0.05) is 15.7 Å². The normalized spacial score (nSPS) is 11.3. The predicted octanol–water partition coefficient (Wildman–Crippen LogP) is 5.31. The summed E-state index contributed by atoms with van der Waals surface area (Å²) in [5.41, 5.74) is 3.88. The summed E-state index contributed by atoms with van der Waals surface area (Å²) in [6, 6.07) is 13.7. The lowest BCUT2D eigenvalue weighted by molar-refractivity contribution is 0.102. The van der Waals surface area contributed by atoms with E-state index in [2.05, 4.69) is 54.2 Å². The Balaban J connectivity index is 2.16. The molecule has 0 unspecified atom stereocenters. The van der Waals surface area contributed by atoms with Crippen LogP contribution in [0.5, 0.6) is 0 Å². The standard InChI is InChI=1S/C18H20BrNO/c1-12-9-13(11-15(19)10-12)17(21)20-16-7-5-14(6-8-16)18(2,3)4/h5-11H,1-4H3,(H,20,21). The number of rotatable bonds is 2. The fourth-order valence-corrected chi connectivity index (χ4v) is 2.73. The first-order chi connectivity index (χ1) is 9.75. The van der Waals surface area contributed by atoms with E-state index in [0.29, 0.717) is 5.56 Å². The summed E-state index contributed by atoms with van der Waals surface area (Å²) in [7, 11) is 0. The largest absolute Gasteiger partial charge is 0.322 e. The lowest BCUT2D eigenvalue weighted by atomic mass is 9.87. The van der Waals surface area contributed by atoms with Crippen molar-refractivity contribution in [3.8, 4) is 0 Å². The van der Waals surface area contributed by atoms with E-state index < -0.39 is 0 Å².